The third-order valence-corrected chi connectivity index (χ3v) is 5.75. The molecule has 1 saturated carbocycles. The first-order valence-corrected chi connectivity index (χ1v) is 8.28. The van der Waals surface area contributed by atoms with E-state index in [-0.39, 0.29) is 5.54 Å². The summed E-state index contributed by atoms with van der Waals surface area (Å²) >= 11 is 0. The van der Waals surface area contributed by atoms with Gasteiger partial charge in [-0.15, -0.1) is 0 Å². The molecule has 0 radical (unpaired) electrons. The fourth-order valence-electron chi connectivity index (χ4n) is 3.55. The molecular weight excluding hydrogens is 242 g/mol. The van der Waals surface area contributed by atoms with Crippen molar-refractivity contribution in [1.29, 1.82) is 0 Å². The molecule has 0 heterocycles. The van der Waals surface area contributed by atoms with Gasteiger partial charge in [-0.1, -0.05) is 57.5 Å². The Labute approximate surface area is 125 Å². The molecule has 0 aliphatic heterocycles. The minimum absolute atomic E-state index is 0.0795. The van der Waals surface area contributed by atoms with Crippen LogP contribution in [0.3, 0.4) is 0 Å². The van der Waals surface area contributed by atoms with Crippen molar-refractivity contribution in [3.05, 3.63) is 35.9 Å². The first-order chi connectivity index (χ1) is 9.45. The molecule has 1 aliphatic rings. The average molecular weight is 273 g/mol. The second-order valence-corrected chi connectivity index (χ2v) is 7.46. The minimum Gasteiger partial charge on any atom is -0.325 e. The Morgan fingerprint density at radius 2 is 1.75 bits per heavy atom. The number of hydrogen-bond donors (Lipinski definition) is 1. The van der Waals surface area contributed by atoms with Crippen LogP contribution in [0.15, 0.2) is 30.3 Å². The van der Waals surface area contributed by atoms with Gasteiger partial charge in [0.1, 0.15) is 0 Å². The van der Waals surface area contributed by atoms with Gasteiger partial charge in [-0.05, 0) is 55.4 Å². The maximum atomic E-state index is 6.65. The summed E-state index contributed by atoms with van der Waals surface area (Å²) in [4.78, 5) is 0. The highest BCUT2D eigenvalue weighted by atomic mass is 14.7. The number of hydrogen-bond acceptors (Lipinski definition) is 1. The van der Waals surface area contributed by atoms with Crippen LogP contribution in [0.25, 0.3) is 0 Å². The Balaban J connectivity index is 1.85. The van der Waals surface area contributed by atoms with E-state index in [1.807, 2.05) is 0 Å². The van der Waals surface area contributed by atoms with Gasteiger partial charge >= 0.3 is 0 Å². The lowest BCUT2D eigenvalue weighted by molar-refractivity contribution is 0.112. The molecule has 1 aromatic rings. The number of rotatable bonds is 5. The largest absolute Gasteiger partial charge is 0.325 e. The van der Waals surface area contributed by atoms with Crippen LogP contribution < -0.4 is 5.73 Å². The third-order valence-electron chi connectivity index (χ3n) is 5.75. The first kappa shape index (κ1) is 15.6. The molecule has 0 unspecified atom stereocenters. The molecular formula is C19H31N. The SMILES string of the molecule is CCC(C)(C)C1CCC(N)(CCc2ccccc2)CC1. The van der Waals surface area contributed by atoms with Crippen LogP contribution in [-0.2, 0) is 6.42 Å². The van der Waals surface area contributed by atoms with Gasteiger partial charge in [0, 0.05) is 5.54 Å². The van der Waals surface area contributed by atoms with Crippen molar-refractivity contribution in [1.82, 2.24) is 0 Å². The molecule has 0 atom stereocenters. The van der Waals surface area contributed by atoms with Crippen molar-refractivity contribution >= 4 is 0 Å². The van der Waals surface area contributed by atoms with Crippen LogP contribution >= 0.6 is 0 Å². The van der Waals surface area contributed by atoms with E-state index in [4.69, 9.17) is 5.73 Å². The highest BCUT2D eigenvalue weighted by Crippen LogP contribution is 2.43. The molecule has 112 valence electrons. The van der Waals surface area contributed by atoms with Crippen LogP contribution in [0.5, 0.6) is 0 Å². The van der Waals surface area contributed by atoms with Crippen LogP contribution in [-0.4, -0.2) is 5.54 Å². The Kier molecular flexibility index (Phi) is 4.90. The van der Waals surface area contributed by atoms with Crippen molar-refractivity contribution < 1.29 is 0 Å². The Morgan fingerprint density at radius 1 is 1.15 bits per heavy atom. The van der Waals surface area contributed by atoms with Gasteiger partial charge in [0.15, 0.2) is 0 Å². The smallest absolute Gasteiger partial charge is 0.0157 e. The maximum absolute atomic E-state index is 6.65. The van der Waals surface area contributed by atoms with E-state index in [1.54, 1.807) is 0 Å². The van der Waals surface area contributed by atoms with Crippen molar-refractivity contribution in [3.63, 3.8) is 0 Å². The van der Waals surface area contributed by atoms with Gasteiger partial charge in [0.05, 0.1) is 0 Å². The average Bonchev–Trinajstić information content (AvgIpc) is 2.47. The number of aryl methyl sites for hydroxylation is 1. The van der Waals surface area contributed by atoms with Gasteiger partial charge in [-0.2, -0.15) is 0 Å². The summed E-state index contributed by atoms with van der Waals surface area (Å²) < 4.78 is 0. The zero-order valence-electron chi connectivity index (χ0n) is 13.5. The van der Waals surface area contributed by atoms with E-state index in [1.165, 1.54) is 37.7 Å². The fraction of sp³-hybridized carbons (Fsp3) is 0.684. The van der Waals surface area contributed by atoms with Crippen LogP contribution in [0.2, 0.25) is 0 Å². The van der Waals surface area contributed by atoms with Gasteiger partial charge in [-0.3, -0.25) is 0 Å². The quantitative estimate of drug-likeness (QED) is 0.807. The minimum atomic E-state index is 0.0795. The Morgan fingerprint density at radius 3 is 2.30 bits per heavy atom. The summed E-state index contributed by atoms with van der Waals surface area (Å²) in [5, 5.41) is 0. The highest BCUT2D eigenvalue weighted by Gasteiger charge is 2.36. The number of benzene rings is 1. The first-order valence-electron chi connectivity index (χ1n) is 8.28. The lowest BCUT2D eigenvalue weighted by Crippen LogP contribution is -2.45. The topological polar surface area (TPSA) is 26.0 Å². The zero-order chi connectivity index (χ0) is 14.6. The van der Waals surface area contributed by atoms with E-state index in [0.29, 0.717) is 5.41 Å². The molecule has 1 aromatic carbocycles. The summed E-state index contributed by atoms with van der Waals surface area (Å²) in [5.74, 6) is 0.862. The Bertz CT molecular complexity index is 399. The molecule has 0 saturated heterocycles. The van der Waals surface area contributed by atoms with Crippen LogP contribution in [0, 0.1) is 11.3 Å². The second kappa shape index (κ2) is 6.30. The van der Waals surface area contributed by atoms with E-state index < -0.39 is 0 Å². The molecule has 0 amide bonds. The standard InChI is InChI=1S/C19H31N/c1-4-18(2,3)17-11-14-19(20,15-12-17)13-10-16-8-6-5-7-9-16/h5-9,17H,4,10-15,20H2,1-3H3. The molecule has 2 N–H and O–H groups in total. The Hall–Kier alpha value is -0.820. The van der Waals surface area contributed by atoms with Gasteiger partial charge < -0.3 is 5.73 Å². The monoisotopic (exact) mass is 273 g/mol. The maximum Gasteiger partial charge on any atom is 0.0157 e. The molecule has 0 spiro atoms. The summed E-state index contributed by atoms with van der Waals surface area (Å²) in [7, 11) is 0. The fourth-order valence-corrected chi connectivity index (χ4v) is 3.55. The third kappa shape index (κ3) is 3.85. The lowest BCUT2D eigenvalue weighted by Gasteiger charge is -2.43. The summed E-state index contributed by atoms with van der Waals surface area (Å²) in [6.07, 6.45) is 8.56. The van der Waals surface area contributed by atoms with Crippen molar-refractivity contribution in [2.75, 3.05) is 0 Å². The normalized spacial score (nSPS) is 27.5. The lowest BCUT2D eigenvalue weighted by atomic mass is 9.65. The molecule has 1 fully saturated rings. The van der Waals surface area contributed by atoms with Crippen LogP contribution in [0.1, 0.15) is 64.9 Å². The predicted octanol–water partition coefficient (Wildman–Crippen LogP) is 4.94. The molecule has 2 rings (SSSR count). The van der Waals surface area contributed by atoms with E-state index in [9.17, 15) is 0 Å². The molecule has 0 bridgehead atoms. The van der Waals surface area contributed by atoms with Crippen molar-refractivity contribution in [3.8, 4) is 0 Å². The van der Waals surface area contributed by atoms with Crippen molar-refractivity contribution in [2.45, 2.75) is 71.3 Å². The molecule has 1 aliphatic carbocycles. The molecule has 1 heteroatoms. The predicted molar refractivity (Wildman–Crippen MR) is 87.7 cm³/mol. The second-order valence-electron chi connectivity index (χ2n) is 7.46. The van der Waals surface area contributed by atoms with Crippen LogP contribution in [0.4, 0.5) is 0 Å². The highest BCUT2D eigenvalue weighted by molar-refractivity contribution is 5.15. The summed E-state index contributed by atoms with van der Waals surface area (Å²) in [6, 6.07) is 10.8. The summed E-state index contributed by atoms with van der Waals surface area (Å²) in [6.45, 7) is 7.16. The van der Waals surface area contributed by atoms with Gasteiger partial charge in [0.25, 0.3) is 0 Å². The van der Waals surface area contributed by atoms with E-state index in [2.05, 4.69) is 51.1 Å². The molecule has 20 heavy (non-hydrogen) atoms. The zero-order valence-corrected chi connectivity index (χ0v) is 13.5. The number of nitrogens with two attached hydrogens (primary N) is 1. The van der Waals surface area contributed by atoms with Gasteiger partial charge in [-0.25, -0.2) is 0 Å². The van der Waals surface area contributed by atoms with Gasteiger partial charge in [0.2, 0.25) is 0 Å². The molecule has 1 nitrogen and oxygen atoms in total. The van der Waals surface area contributed by atoms with E-state index >= 15 is 0 Å². The van der Waals surface area contributed by atoms with E-state index in [0.717, 1.165) is 18.8 Å². The van der Waals surface area contributed by atoms with Crippen molar-refractivity contribution in [2.24, 2.45) is 17.1 Å². The molecule has 0 aromatic heterocycles. The summed E-state index contributed by atoms with van der Waals surface area (Å²) in [5.41, 5.74) is 8.64.